The fourth-order valence-corrected chi connectivity index (χ4v) is 6.14. The summed E-state index contributed by atoms with van der Waals surface area (Å²) in [6.07, 6.45) is 4.62. The summed E-state index contributed by atoms with van der Waals surface area (Å²) >= 11 is 0. The maximum atomic E-state index is 12.2. The molecule has 0 radical (unpaired) electrons. The van der Waals surface area contributed by atoms with Gasteiger partial charge in [0.15, 0.2) is 0 Å². The molecule has 98 valence electrons. The Morgan fingerprint density at radius 3 is 2.89 bits per heavy atom. The van der Waals surface area contributed by atoms with E-state index in [4.69, 9.17) is 4.99 Å². The molecule has 4 nitrogen and oxygen atoms in total. The molecular formula is C15H17N3O. The third-order valence-electron chi connectivity index (χ3n) is 6.61. The lowest BCUT2D eigenvalue weighted by Gasteiger charge is -2.42. The van der Waals surface area contributed by atoms with Gasteiger partial charge < -0.3 is 5.32 Å². The first kappa shape index (κ1) is 10.4. The first-order chi connectivity index (χ1) is 9.29. The van der Waals surface area contributed by atoms with E-state index in [-0.39, 0.29) is 11.8 Å². The van der Waals surface area contributed by atoms with Crippen molar-refractivity contribution in [2.24, 2.45) is 40.5 Å². The van der Waals surface area contributed by atoms with Crippen molar-refractivity contribution in [2.45, 2.75) is 37.8 Å². The monoisotopic (exact) mass is 255 g/mol. The number of carbonyl (C=O) groups excluding carboxylic acids is 1. The van der Waals surface area contributed by atoms with Crippen LogP contribution in [0.2, 0.25) is 0 Å². The van der Waals surface area contributed by atoms with Gasteiger partial charge in [-0.1, -0.05) is 6.42 Å². The van der Waals surface area contributed by atoms with E-state index in [1.54, 1.807) is 0 Å². The number of amides is 1. The molecule has 0 aromatic heterocycles. The molecule has 4 heteroatoms. The molecule has 5 rings (SSSR count). The van der Waals surface area contributed by atoms with E-state index < -0.39 is 0 Å². The van der Waals surface area contributed by atoms with Gasteiger partial charge in [-0.05, 0) is 42.9 Å². The van der Waals surface area contributed by atoms with Gasteiger partial charge in [-0.3, -0.25) is 9.79 Å². The summed E-state index contributed by atoms with van der Waals surface area (Å²) in [5.41, 5.74) is 0.753. The van der Waals surface area contributed by atoms with Crippen LogP contribution in [0.3, 0.4) is 0 Å². The highest BCUT2D eigenvalue weighted by atomic mass is 16.2. The molecule has 0 unspecified atom stereocenters. The molecule has 0 spiro atoms. The van der Waals surface area contributed by atoms with Crippen molar-refractivity contribution in [3.05, 3.63) is 0 Å². The lowest BCUT2D eigenvalue weighted by molar-refractivity contribution is -0.122. The van der Waals surface area contributed by atoms with Crippen LogP contribution in [0.25, 0.3) is 0 Å². The summed E-state index contributed by atoms with van der Waals surface area (Å²) in [6.45, 7) is 0. The average molecular weight is 255 g/mol. The van der Waals surface area contributed by atoms with Crippen LogP contribution in [0.15, 0.2) is 4.99 Å². The van der Waals surface area contributed by atoms with E-state index in [9.17, 15) is 10.1 Å². The summed E-state index contributed by atoms with van der Waals surface area (Å²) in [5.74, 6) is 2.92. The minimum Gasteiger partial charge on any atom is -0.353 e. The first-order valence-corrected chi connectivity index (χ1v) is 7.58. The van der Waals surface area contributed by atoms with E-state index in [1.807, 2.05) is 0 Å². The second kappa shape index (κ2) is 3.20. The Bertz CT molecular complexity index is 548. The lowest BCUT2D eigenvalue weighted by atomic mass is 9.64. The van der Waals surface area contributed by atoms with Gasteiger partial charge in [0, 0.05) is 17.9 Å². The highest BCUT2D eigenvalue weighted by molar-refractivity contribution is 6.03. The standard InChI is InChI=1S/C15H17N3O/c16-5-10-8-4-9-12-11(8)13(17-10)6-2-1-3-7(6)14(12)18-15(9)19/h6-9,11-14H,1-4H2,(H,18,19)/t6-,7+,8-,9-,11+,12-,13-,14+/m1/s1. The molecule has 2 aliphatic heterocycles. The normalized spacial score (nSPS) is 56.4. The molecule has 2 heterocycles. The minimum atomic E-state index is 0.169. The van der Waals surface area contributed by atoms with Crippen molar-refractivity contribution in [1.82, 2.24) is 5.32 Å². The number of nitrogens with zero attached hydrogens (tertiary/aromatic N) is 2. The first-order valence-electron chi connectivity index (χ1n) is 7.58. The van der Waals surface area contributed by atoms with Crippen LogP contribution in [-0.2, 0) is 4.79 Å². The smallest absolute Gasteiger partial charge is 0.223 e. The van der Waals surface area contributed by atoms with Gasteiger partial charge in [-0.25, -0.2) is 0 Å². The predicted molar refractivity (Wildman–Crippen MR) is 68.2 cm³/mol. The third kappa shape index (κ3) is 1.04. The summed E-state index contributed by atoms with van der Waals surface area (Å²) in [5, 5.41) is 12.6. The molecule has 19 heavy (non-hydrogen) atoms. The Hall–Kier alpha value is -1.37. The van der Waals surface area contributed by atoms with Crippen LogP contribution < -0.4 is 5.32 Å². The summed E-state index contributed by atoms with van der Waals surface area (Å²) < 4.78 is 0. The third-order valence-corrected chi connectivity index (χ3v) is 6.61. The SMILES string of the molecule is N#CC1=N[C@@H]2[C@@H]3CCC[C@@H]3[C@@H]3NC(=O)[C@@H]4C[C@H]1[C@H]2[C@H]34. The van der Waals surface area contributed by atoms with Crippen LogP contribution in [0.1, 0.15) is 25.7 Å². The Labute approximate surface area is 112 Å². The number of carbonyl (C=O) groups is 1. The van der Waals surface area contributed by atoms with Crippen molar-refractivity contribution in [2.75, 3.05) is 0 Å². The number of hydrogen-bond acceptors (Lipinski definition) is 3. The van der Waals surface area contributed by atoms with Crippen LogP contribution in [0, 0.1) is 46.8 Å². The van der Waals surface area contributed by atoms with Gasteiger partial charge in [0.25, 0.3) is 0 Å². The van der Waals surface area contributed by atoms with Crippen LogP contribution in [-0.4, -0.2) is 23.7 Å². The Morgan fingerprint density at radius 2 is 2.05 bits per heavy atom. The zero-order chi connectivity index (χ0) is 12.7. The number of nitrogens with one attached hydrogen (secondary N) is 1. The van der Waals surface area contributed by atoms with Gasteiger partial charge in [0.1, 0.15) is 11.8 Å². The number of rotatable bonds is 0. The highest BCUT2D eigenvalue weighted by Gasteiger charge is 2.66. The van der Waals surface area contributed by atoms with E-state index in [0.717, 1.165) is 12.1 Å². The Kier molecular flexibility index (Phi) is 1.76. The molecule has 3 aliphatic carbocycles. The van der Waals surface area contributed by atoms with Crippen molar-refractivity contribution in [1.29, 1.82) is 5.26 Å². The van der Waals surface area contributed by atoms with Gasteiger partial charge in [0.05, 0.1) is 6.04 Å². The fraction of sp³-hybridized carbons (Fsp3) is 0.800. The fourth-order valence-electron chi connectivity index (χ4n) is 6.14. The van der Waals surface area contributed by atoms with Gasteiger partial charge in [-0.2, -0.15) is 5.26 Å². The molecule has 8 atom stereocenters. The van der Waals surface area contributed by atoms with E-state index >= 15 is 0 Å². The molecule has 4 fully saturated rings. The Morgan fingerprint density at radius 1 is 1.21 bits per heavy atom. The number of nitriles is 1. The number of hydrogen-bond donors (Lipinski definition) is 1. The number of fused-ring (bicyclic) bond motifs is 3. The molecule has 3 saturated carbocycles. The maximum Gasteiger partial charge on any atom is 0.223 e. The highest BCUT2D eigenvalue weighted by Crippen LogP contribution is 2.61. The zero-order valence-corrected chi connectivity index (χ0v) is 10.7. The van der Waals surface area contributed by atoms with Crippen LogP contribution in [0.4, 0.5) is 0 Å². The van der Waals surface area contributed by atoms with Gasteiger partial charge in [0.2, 0.25) is 5.91 Å². The molecule has 0 bridgehead atoms. The topological polar surface area (TPSA) is 65.2 Å². The quantitative estimate of drug-likeness (QED) is 0.705. The van der Waals surface area contributed by atoms with Gasteiger partial charge >= 0.3 is 0 Å². The van der Waals surface area contributed by atoms with E-state index in [0.29, 0.717) is 41.7 Å². The summed E-state index contributed by atoms with van der Waals surface area (Å²) in [6, 6.07) is 3.07. The predicted octanol–water partition coefficient (Wildman–Crippen LogP) is 1.13. The minimum absolute atomic E-state index is 0.169. The van der Waals surface area contributed by atoms with Crippen molar-refractivity contribution >= 4 is 11.6 Å². The molecule has 1 N–H and O–H groups in total. The van der Waals surface area contributed by atoms with Crippen LogP contribution in [0.5, 0.6) is 0 Å². The maximum absolute atomic E-state index is 12.2. The zero-order valence-electron chi connectivity index (χ0n) is 10.7. The van der Waals surface area contributed by atoms with Gasteiger partial charge in [-0.15, -0.1) is 0 Å². The van der Waals surface area contributed by atoms with Crippen LogP contribution >= 0.6 is 0 Å². The van der Waals surface area contributed by atoms with Crippen molar-refractivity contribution in [3.63, 3.8) is 0 Å². The van der Waals surface area contributed by atoms with Crippen molar-refractivity contribution < 1.29 is 4.79 Å². The molecular weight excluding hydrogens is 238 g/mol. The Balaban J connectivity index is 1.67. The summed E-state index contributed by atoms with van der Waals surface area (Å²) in [4.78, 5) is 17.0. The molecule has 0 aromatic rings. The molecule has 0 aromatic carbocycles. The lowest BCUT2D eigenvalue weighted by Crippen LogP contribution is -2.50. The molecule has 5 aliphatic rings. The largest absolute Gasteiger partial charge is 0.353 e. The van der Waals surface area contributed by atoms with E-state index in [2.05, 4.69) is 11.4 Å². The molecule has 1 saturated heterocycles. The van der Waals surface area contributed by atoms with E-state index in [1.165, 1.54) is 19.3 Å². The second-order valence-electron chi connectivity index (χ2n) is 7.01. The number of aliphatic imine (C=N–C) groups is 1. The molecule has 1 amide bonds. The van der Waals surface area contributed by atoms with Crippen molar-refractivity contribution in [3.8, 4) is 6.07 Å². The second-order valence-corrected chi connectivity index (χ2v) is 7.01. The summed E-state index contributed by atoms with van der Waals surface area (Å²) in [7, 11) is 0. The average Bonchev–Trinajstić information content (AvgIpc) is 3.11.